The first-order valence-corrected chi connectivity index (χ1v) is 9.52. The van der Waals surface area contributed by atoms with Gasteiger partial charge in [-0.15, -0.1) is 0 Å². The van der Waals surface area contributed by atoms with Gasteiger partial charge in [0.25, 0.3) is 0 Å². The molecule has 146 valence electrons. The topological polar surface area (TPSA) is 42.0 Å². The van der Waals surface area contributed by atoms with Gasteiger partial charge in [-0.05, 0) is 23.6 Å². The van der Waals surface area contributed by atoms with Crippen molar-refractivity contribution in [3.8, 4) is 11.5 Å². The Labute approximate surface area is 158 Å². The summed E-state index contributed by atoms with van der Waals surface area (Å²) in [5.74, 6) is 2.30. The third kappa shape index (κ3) is 5.63. The van der Waals surface area contributed by atoms with Crippen molar-refractivity contribution in [2.45, 2.75) is 41.2 Å². The third-order valence-corrected chi connectivity index (χ3v) is 4.51. The van der Waals surface area contributed by atoms with Crippen LogP contribution in [0.1, 0.15) is 40.2 Å². The molecular formula is C21H34N2O3. The average Bonchev–Trinajstić information content (AvgIpc) is 2.59. The molecule has 5 nitrogen and oxygen atoms in total. The number of hydrogen-bond donors (Lipinski definition) is 0. The maximum Gasteiger partial charge on any atom is 0.228 e. The molecule has 0 unspecified atom stereocenters. The second kappa shape index (κ2) is 8.76. The van der Waals surface area contributed by atoms with Crippen molar-refractivity contribution in [1.82, 2.24) is 9.80 Å². The lowest BCUT2D eigenvalue weighted by atomic mass is 9.94. The number of benzene rings is 1. The van der Waals surface area contributed by atoms with Gasteiger partial charge in [0.05, 0.1) is 13.7 Å². The highest BCUT2D eigenvalue weighted by atomic mass is 16.5. The number of piperazine rings is 1. The molecule has 26 heavy (non-hydrogen) atoms. The van der Waals surface area contributed by atoms with Crippen LogP contribution in [0.15, 0.2) is 18.2 Å². The second-order valence-corrected chi connectivity index (χ2v) is 8.51. The molecule has 0 saturated carbocycles. The summed E-state index contributed by atoms with van der Waals surface area (Å²) < 4.78 is 11.3. The van der Waals surface area contributed by atoms with Gasteiger partial charge < -0.3 is 14.4 Å². The molecule has 1 aromatic rings. The summed E-state index contributed by atoms with van der Waals surface area (Å²) in [7, 11) is 1.68. The van der Waals surface area contributed by atoms with E-state index in [4.69, 9.17) is 9.47 Å². The Hall–Kier alpha value is -1.75. The molecule has 1 fully saturated rings. The Bertz CT molecular complexity index is 600. The summed E-state index contributed by atoms with van der Waals surface area (Å²) in [6.45, 7) is 15.1. The van der Waals surface area contributed by atoms with E-state index in [9.17, 15) is 4.79 Å². The molecule has 1 heterocycles. The van der Waals surface area contributed by atoms with Gasteiger partial charge in [0.15, 0.2) is 11.5 Å². The van der Waals surface area contributed by atoms with Gasteiger partial charge in [-0.1, -0.05) is 40.7 Å². The zero-order valence-corrected chi connectivity index (χ0v) is 17.2. The first-order valence-electron chi connectivity index (χ1n) is 9.52. The van der Waals surface area contributed by atoms with E-state index in [0.717, 1.165) is 44.2 Å². The fourth-order valence-electron chi connectivity index (χ4n) is 3.03. The Morgan fingerprint density at radius 2 is 1.77 bits per heavy atom. The molecule has 1 aliphatic heterocycles. The van der Waals surface area contributed by atoms with Crippen LogP contribution in [0.5, 0.6) is 11.5 Å². The minimum absolute atomic E-state index is 0.241. The minimum atomic E-state index is -0.304. The quantitative estimate of drug-likeness (QED) is 0.778. The zero-order chi connectivity index (χ0) is 19.3. The van der Waals surface area contributed by atoms with Crippen molar-refractivity contribution in [2.75, 3.05) is 39.9 Å². The molecular weight excluding hydrogens is 328 g/mol. The summed E-state index contributed by atoms with van der Waals surface area (Å²) in [6.07, 6.45) is 0. The number of rotatable bonds is 6. The first-order chi connectivity index (χ1) is 12.2. The summed E-state index contributed by atoms with van der Waals surface area (Å²) in [4.78, 5) is 16.8. The second-order valence-electron chi connectivity index (χ2n) is 8.51. The van der Waals surface area contributed by atoms with E-state index in [-0.39, 0.29) is 11.3 Å². The average molecular weight is 363 g/mol. The number of carbonyl (C=O) groups is 1. The summed E-state index contributed by atoms with van der Waals surface area (Å²) in [5.41, 5.74) is 0.899. The summed E-state index contributed by atoms with van der Waals surface area (Å²) in [5, 5.41) is 0. The fraction of sp³-hybridized carbons (Fsp3) is 0.667. The molecule has 0 radical (unpaired) electrons. The van der Waals surface area contributed by atoms with Gasteiger partial charge in [-0.25, -0.2) is 0 Å². The van der Waals surface area contributed by atoms with Crippen LogP contribution in [-0.4, -0.2) is 55.6 Å². The van der Waals surface area contributed by atoms with Gasteiger partial charge in [-0.3, -0.25) is 9.69 Å². The van der Waals surface area contributed by atoms with E-state index in [2.05, 4.69) is 30.9 Å². The van der Waals surface area contributed by atoms with Crippen molar-refractivity contribution >= 4 is 5.91 Å². The van der Waals surface area contributed by atoms with Crippen LogP contribution < -0.4 is 9.47 Å². The minimum Gasteiger partial charge on any atom is -0.493 e. The van der Waals surface area contributed by atoms with Crippen LogP contribution in [0.4, 0.5) is 0 Å². The van der Waals surface area contributed by atoms with Crippen LogP contribution in [0.2, 0.25) is 0 Å². The molecule has 0 aliphatic carbocycles. The van der Waals surface area contributed by atoms with Gasteiger partial charge >= 0.3 is 0 Å². The number of ether oxygens (including phenoxy) is 2. The number of carbonyl (C=O) groups excluding carboxylic acids is 1. The molecule has 1 saturated heterocycles. The molecule has 0 N–H and O–H groups in total. The number of amides is 1. The molecule has 2 rings (SSSR count). The van der Waals surface area contributed by atoms with Gasteiger partial charge in [0, 0.05) is 38.1 Å². The van der Waals surface area contributed by atoms with Crippen LogP contribution >= 0.6 is 0 Å². The van der Waals surface area contributed by atoms with Crippen molar-refractivity contribution < 1.29 is 14.3 Å². The van der Waals surface area contributed by atoms with E-state index < -0.39 is 0 Å². The van der Waals surface area contributed by atoms with Gasteiger partial charge in [-0.2, -0.15) is 0 Å². The lowest BCUT2D eigenvalue weighted by Crippen LogP contribution is -2.51. The van der Waals surface area contributed by atoms with Crippen molar-refractivity contribution in [2.24, 2.45) is 11.3 Å². The maximum absolute atomic E-state index is 12.4. The summed E-state index contributed by atoms with van der Waals surface area (Å²) >= 11 is 0. The molecule has 0 bridgehead atoms. The van der Waals surface area contributed by atoms with E-state index in [0.29, 0.717) is 12.5 Å². The molecule has 0 spiro atoms. The largest absolute Gasteiger partial charge is 0.493 e. The van der Waals surface area contributed by atoms with Crippen molar-refractivity contribution in [3.63, 3.8) is 0 Å². The maximum atomic E-state index is 12.4. The Kier molecular flexibility index (Phi) is 6.93. The van der Waals surface area contributed by atoms with Crippen LogP contribution in [0, 0.1) is 11.3 Å². The Balaban J connectivity index is 1.92. The molecule has 1 aromatic carbocycles. The van der Waals surface area contributed by atoms with E-state index >= 15 is 0 Å². The molecule has 0 atom stereocenters. The van der Waals surface area contributed by atoms with Crippen LogP contribution in [-0.2, 0) is 11.3 Å². The standard InChI is InChI=1S/C21H34N2O3/c1-16(2)15-26-18-8-7-17(13-19(18)25-6)14-22-9-11-23(12-10-22)20(24)21(3,4)5/h7-8,13,16H,9-12,14-15H2,1-6H3. The van der Waals surface area contributed by atoms with Crippen LogP contribution in [0.3, 0.4) is 0 Å². The predicted molar refractivity (Wildman–Crippen MR) is 105 cm³/mol. The highest BCUT2D eigenvalue weighted by Crippen LogP contribution is 2.29. The monoisotopic (exact) mass is 362 g/mol. The first kappa shape index (κ1) is 20.6. The Morgan fingerprint density at radius 3 is 2.31 bits per heavy atom. The number of methoxy groups -OCH3 is 1. The lowest BCUT2D eigenvalue weighted by Gasteiger charge is -2.37. The van der Waals surface area contributed by atoms with E-state index in [1.165, 1.54) is 5.56 Å². The van der Waals surface area contributed by atoms with Crippen molar-refractivity contribution in [3.05, 3.63) is 23.8 Å². The molecule has 1 amide bonds. The Morgan fingerprint density at radius 1 is 1.12 bits per heavy atom. The van der Waals surface area contributed by atoms with E-state index in [1.54, 1.807) is 7.11 Å². The lowest BCUT2D eigenvalue weighted by molar-refractivity contribution is -0.141. The van der Waals surface area contributed by atoms with Gasteiger partial charge in [0.1, 0.15) is 0 Å². The highest BCUT2D eigenvalue weighted by molar-refractivity contribution is 5.81. The number of hydrogen-bond acceptors (Lipinski definition) is 4. The number of nitrogens with zero attached hydrogens (tertiary/aromatic N) is 2. The van der Waals surface area contributed by atoms with Crippen molar-refractivity contribution in [1.29, 1.82) is 0 Å². The molecule has 5 heteroatoms. The van der Waals surface area contributed by atoms with E-state index in [1.807, 2.05) is 31.7 Å². The smallest absolute Gasteiger partial charge is 0.228 e. The zero-order valence-electron chi connectivity index (χ0n) is 17.2. The molecule has 0 aromatic heterocycles. The SMILES string of the molecule is COc1cc(CN2CCN(C(=O)C(C)(C)C)CC2)ccc1OCC(C)C. The van der Waals surface area contributed by atoms with Gasteiger partial charge in [0.2, 0.25) is 5.91 Å². The third-order valence-electron chi connectivity index (χ3n) is 4.51. The predicted octanol–water partition coefficient (Wildman–Crippen LogP) is 3.42. The summed E-state index contributed by atoms with van der Waals surface area (Å²) in [6, 6.07) is 6.16. The highest BCUT2D eigenvalue weighted by Gasteiger charge is 2.29. The fourth-order valence-corrected chi connectivity index (χ4v) is 3.03. The van der Waals surface area contributed by atoms with Crippen LogP contribution in [0.25, 0.3) is 0 Å². The normalized spacial score (nSPS) is 16.0. The molecule has 1 aliphatic rings.